The minimum Gasteiger partial charge on any atom is -0.398 e. The van der Waals surface area contributed by atoms with Crippen LogP contribution in [-0.2, 0) is 0 Å². The Morgan fingerprint density at radius 3 is 3.06 bits per heavy atom. The number of hydrogen-bond acceptors (Lipinski definition) is 3. The molecule has 0 atom stereocenters. The Morgan fingerprint density at radius 2 is 2.29 bits per heavy atom. The van der Waals surface area contributed by atoms with Crippen LogP contribution >= 0.6 is 0 Å². The van der Waals surface area contributed by atoms with E-state index in [0.717, 1.165) is 24.8 Å². The van der Waals surface area contributed by atoms with Crippen molar-refractivity contribution in [3.63, 3.8) is 0 Å². The number of nitrogens with two attached hydrogens (primary N) is 1. The average molecular weight is 233 g/mol. The van der Waals surface area contributed by atoms with Crippen molar-refractivity contribution in [2.45, 2.75) is 19.8 Å². The first-order valence-corrected chi connectivity index (χ1v) is 5.80. The van der Waals surface area contributed by atoms with Crippen LogP contribution < -0.4 is 11.1 Å². The van der Waals surface area contributed by atoms with Gasteiger partial charge in [-0.2, -0.15) is 0 Å². The van der Waals surface area contributed by atoms with Crippen LogP contribution in [0.2, 0.25) is 0 Å². The summed E-state index contributed by atoms with van der Waals surface area (Å²) in [4.78, 5) is 4.20. The molecule has 0 bridgehead atoms. The molecule has 0 unspecified atom stereocenters. The van der Waals surface area contributed by atoms with Crippen LogP contribution in [0.3, 0.4) is 0 Å². The highest BCUT2D eigenvalue weighted by molar-refractivity contribution is 5.98. The third-order valence-electron chi connectivity index (χ3n) is 2.71. The summed E-state index contributed by atoms with van der Waals surface area (Å²) in [7, 11) is 0. The third kappa shape index (κ3) is 2.30. The minimum atomic E-state index is -0.343. The van der Waals surface area contributed by atoms with Gasteiger partial charge in [0.25, 0.3) is 0 Å². The van der Waals surface area contributed by atoms with E-state index < -0.39 is 0 Å². The fourth-order valence-corrected chi connectivity index (χ4v) is 1.80. The molecule has 90 valence electrons. The zero-order chi connectivity index (χ0) is 12.3. The van der Waals surface area contributed by atoms with Gasteiger partial charge in [0.2, 0.25) is 0 Å². The zero-order valence-electron chi connectivity index (χ0n) is 9.83. The Hall–Kier alpha value is -1.84. The molecule has 0 saturated heterocycles. The van der Waals surface area contributed by atoms with Crippen molar-refractivity contribution in [2.75, 3.05) is 17.6 Å². The van der Waals surface area contributed by atoms with Gasteiger partial charge in [-0.3, -0.25) is 4.98 Å². The molecular weight excluding hydrogens is 217 g/mol. The van der Waals surface area contributed by atoms with Crippen LogP contribution in [0.25, 0.3) is 10.9 Å². The van der Waals surface area contributed by atoms with Crippen molar-refractivity contribution in [1.29, 1.82) is 0 Å². The van der Waals surface area contributed by atoms with E-state index in [4.69, 9.17) is 5.73 Å². The molecule has 1 aromatic carbocycles. The second-order valence-electron chi connectivity index (χ2n) is 4.00. The van der Waals surface area contributed by atoms with E-state index in [-0.39, 0.29) is 5.82 Å². The zero-order valence-corrected chi connectivity index (χ0v) is 9.83. The van der Waals surface area contributed by atoms with Gasteiger partial charge < -0.3 is 11.1 Å². The lowest BCUT2D eigenvalue weighted by Crippen LogP contribution is -2.05. The summed E-state index contributed by atoms with van der Waals surface area (Å²) < 4.78 is 13.8. The van der Waals surface area contributed by atoms with Gasteiger partial charge in [0, 0.05) is 23.8 Å². The van der Waals surface area contributed by atoms with Crippen molar-refractivity contribution in [2.24, 2.45) is 0 Å². The van der Waals surface area contributed by atoms with Gasteiger partial charge in [-0.15, -0.1) is 0 Å². The van der Waals surface area contributed by atoms with E-state index in [0.29, 0.717) is 16.9 Å². The van der Waals surface area contributed by atoms with Gasteiger partial charge in [0.15, 0.2) is 5.82 Å². The molecule has 0 saturated carbocycles. The second-order valence-corrected chi connectivity index (χ2v) is 4.00. The third-order valence-corrected chi connectivity index (χ3v) is 2.71. The number of unbranched alkanes of at least 4 members (excludes halogenated alkanes) is 1. The van der Waals surface area contributed by atoms with E-state index in [1.807, 2.05) is 6.07 Å². The largest absolute Gasteiger partial charge is 0.398 e. The first kappa shape index (κ1) is 11.6. The molecule has 2 aromatic rings. The highest BCUT2D eigenvalue weighted by atomic mass is 19.1. The predicted molar refractivity (Wildman–Crippen MR) is 69.5 cm³/mol. The first-order valence-electron chi connectivity index (χ1n) is 5.80. The van der Waals surface area contributed by atoms with Crippen LogP contribution in [-0.4, -0.2) is 11.5 Å². The van der Waals surface area contributed by atoms with E-state index in [2.05, 4.69) is 17.2 Å². The maximum Gasteiger partial charge on any atom is 0.150 e. The van der Waals surface area contributed by atoms with E-state index in [1.54, 1.807) is 12.3 Å². The van der Waals surface area contributed by atoms with Crippen LogP contribution in [0.1, 0.15) is 19.8 Å². The van der Waals surface area contributed by atoms with Gasteiger partial charge >= 0.3 is 0 Å². The number of hydrogen-bond donors (Lipinski definition) is 2. The fraction of sp³-hybridized carbons (Fsp3) is 0.308. The molecule has 4 heteroatoms. The van der Waals surface area contributed by atoms with E-state index in [1.165, 1.54) is 6.07 Å². The summed E-state index contributed by atoms with van der Waals surface area (Å²) in [5, 5.41) is 3.88. The Bertz CT molecular complexity index is 525. The highest BCUT2D eigenvalue weighted by Crippen LogP contribution is 2.29. The Morgan fingerprint density at radius 1 is 1.47 bits per heavy atom. The maximum atomic E-state index is 13.8. The number of rotatable bonds is 4. The fourth-order valence-electron chi connectivity index (χ4n) is 1.80. The molecule has 17 heavy (non-hydrogen) atoms. The molecule has 3 N–H and O–H groups in total. The minimum absolute atomic E-state index is 0.343. The van der Waals surface area contributed by atoms with Crippen molar-refractivity contribution in [3.8, 4) is 0 Å². The molecule has 0 aliphatic rings. The van der Waals surface area contributed by atoms with Crippen molar-refractivity contribution in [3.05, 3.63) is 30.2 Å². The summed E-state index contributed by atoms with van der Waals surface area (Å²) in [6, 6.07) is 4.99. The summed E-state index contributed by atoms with van der Waals surface area (Å²) in [6.45, 7) is 2.83. The number of anilines is 2. The SMILES string of the molecule is CCCCNc1c(F)cc(N)c2cccnc12. The van der Waals surface area contributed by atoms with Crippen LogP contribution in [0.4, 0.5) is 15.8 Å². The molecule has 0 spiro atoms. The van der Waals surface area contributed by atoms with Crippen LogP contribution in [0, 0.1) is 5.82 Å². The lowest BCUT2D eigenvalue weighted by molar-refractivity contribution is 0.631. The quantitative estimate of drug-likeness (QED) is 0.630. The first-order chi connectivity index (χ1) is 8.24. The van der Waals surface area contributed by atoms with Gasteiger partial charge in [0.05, 0.1) is 11.2 Å². The molecule has 0 fully saturated rings. The Labute approximate surface area is 99.8 Å². The number of aromatic nitrogens is 1. The van der Waals surface area contributed by atoms with Crippen molar-refractivity contribution < 1.29 is 4.39 Å². The average Bonchev–Trinajstić information content (AvgIpc) is 2.33. The molecule has 3 nitrogen and oxygen atoms in total. The summed E-state index contributed by atoms with van der Waals surface area (Å²) >= 11 is 0. The van der Waals surface area contributed by atoms with Crippen LogP contribution in [0.15, 0.2) is 24.4 Å². The lowest BCUT2D eigenvalue weighted by atomic mass is 10.1. The topological polar surface area (TPSA) is 50.9 Å². The van der Waals surface area contributed by atoms with E-state index >= 15 is 0 Å². The van der Waals surface area contributed by atoms with E-state index in [9.17, 15) is 4.39 Å². The van der Waals surface area contributed by atoms with Gasteiger partial charge in [-0.05, 0) is 24.6 Å². The number of nitrogen functional groups attached to an aromatic ring is 1. The smallest absolute Gasteiger partial charge is 0.150 e. The highest BCUT2D eigenvalue weighted by Gasteiger charge is 2.10. The van der Waals surface area contributed by atoms with Crippen molar-refractivity contribution in [1.82, 2.24) is 4.98 Å². The molecule has 0 radical (unpaired) electrons. The number of nitrogens with one attached hydrogen (secondary N) is 1. The molecule has 0 amide bonds. The van der Waals surface area contributed by atoms with Gasteiger partial charge in [-0.25, -0.2) is 4.39 Å². The summed E-state index contributed by atoms with van der Waals surface area (Å²) in [5.74, 6) is -0.343. The number of fused-ring (bicyclic) bond motifs is 1. The molecule has 1 aromatic heterocycles. The monoisotopic (exact) mass is 233 g/mol. The van der Waals surface area contributed by atoms with Gasteiger partial charge in [0.1, 0.15) is 0 Å². The Kier molecular flexibility index (Phi) is 3.42. The van der Waals surface area contributed by atoms with Crippen molar-refractivity contribution >= 4 is 22.3 Å². The lowest BCUT2D eigenvalue weighted by Gasteiger charge is -2.11. The summed E-state index contributed by atoms with van der Waals surface area (Å²) in [5.41, 5.74) is 7.24. The maximum absolute atomic E-state index is 13.8. The van der Waals surface area contributed by atoms with Gasteiger partial charge in [-0.1, -0.05) is 13.3 Å². The normalized spacial score (nSPS) is 10.7. The number of pyridine rings is 1. The van der Waals surface area contributed by atoms with Crippen LogP contribution in [0.5, 0.6) is 0 Å². The molecule has 2 rings (SSSR count). The second kappa shape index (κ2) is 4.99. The summed E-state index contributed by atoms with van der Waals surface area (Å²) in [6.07, 6.45) is 3.71. The Balaban J connectivity index is 2.46. The molecule has 1 heterocycles. The number of benzene rings is 1. The predicted octanol–water partition coefficient (Wildman–Crippen LogP) is 3.17. The molecule has 0 aliphatic heterocycles. The number of nitrogens with zero attached hydrogens (tertiary/aromatic N) is 1. The molecular formula is C13H16FN3. The standard InChI is InChI=1S/C13H16FN3/c1-2-3-6-17-13-10(14)8-11(15)9-5-4-7-16-12(9)13/h4-5,7-8,17H,2-3,6,15H2,1H3. The molecule has 0 aliphatic carbocycles. The number of halogens is 1.